The van der Waals surface area contributed by atoms with Crippen molar-refractivity contribution in [3.63, 3.8) is 0 Å². The molecule has 0 fully saturated rings. The average molecular weight is 217 g/mol. The van der Waals surface area contributed by atoms with Crippen LogP contribution in [0.3, 0.4) is 0 Å². The number of rotatable bonds is 4. The summed E-state index contributed by atoms with van der Waals surface area (Å²) in [5, 5.41) is 1.20. The van der Waals surface area contributed by atoms with Gasteiger partial charge in [0, 0.05) is 11.5 Å². The minimum absolute atomic E-state index is 0.458. The van der Waals surface area contributed by atoms with Gasteiger partial charge in [0.1, 0.15) is 5.56 Å². The lowest BCUT2D eigenvalue weighted by molar-refractivity contribution is 0.328. The van der Waals surface area contributed by atoms with E-state index in [1.54, 1.807) is 6.20 Å². The molecule has 0 unspecified atom stereocenters. The maximum absolute atomic E-state index is 5.33. The third-order valence-electron chi connectivity index (χ3n) is 1.31. The van der Waals surface area contributed by atoms with Crippen molar-refractivity contribution in [3.05, 3.63) is 11.8 Å². The van der Waals surface area contributed by atoms with Crippen LogP contribution in [0, 0.1) is 0 Å². The number of ether oxygens (including phenoxy) is 2. The molecule has 0 aliphatic heterocycles. The van der Waals surface area contributed by atoms with Gasteiger partial charge < -0.3 is 9.47 Å². The maximum Gasteiger partial charge on any atom is 0.205 e. The van der Waals surface area contributed by atoms with Gasteiger partial charge in [-0.05, 0) is 26.1 Å². The molecule has 0 spiro atoms. The van der Waals surface area contributed by atoms with Crippen molar-refractivity contribution in [1.29, 1.82) is 0 Å². The highest BCUT2D eigenvalue weighted by atomic mass is 32.1. The molecule has 0 aliphatic carbocycles. The summed E-state index contributed by atoms with van der Waals surface area (Å²) >= 11 is 6.33. The summed E-state index contributed by atoms with van der Waals surface area (Å²) in [6.07, 6.45) is 1.67. The molecule has 1 rings (SSSR count). The van der Waals surface area contributed by atoms with Crippen molar-refractivity contribution in [3.8, 4) is 5.06 Å². The van der Waals surface area contributed by atoms with E-state index in [-0.39, 0.29) is 0 Å². The minimum Gasteiger partial charge on any atom is -0.483 e. The first kappa shape index (κ1) is 10.4. The van der Waals surface area contributed by atoms with Gasteiger partial charge in [-0.25, -0.2) is 0 Å². The summed E-state index contributed by atoms with van der Waals surface area (Å²) in [5.41, 5.74) is 0.781. The number of hydrogen-bond acceptors (Lipinski definition) is 5. The van der Waals surface area contributed by atoms with E-state index in [2.05, 4.69) is 4.37 Å². The monoisotopic (exact) mass is 217 g/mol. The van der Waals surface area contributed by atoms with Crippen molar-refractivity contribution < 1.29 is 9.47 Å². The molecule has 0 saturated carbocycles. The first-order valence-corrected chi connectivity index (χ1v) is 5.22. The molecule has 72 valence electrons. The molecule has 0 radical (unpaired) electrons. The first-order valence-electron chi connectivity index (χ1n) is 4.04. The third-order valence-corrected chi connectivity index (χ3v) is 2.36. The molecule has 0 atom stereocenters. The van der Waals surface area contributed by atoms with Gasteiger partial charge in [-0.2, -0.15) is 4.37 Å². The fourth-order valence-electron chi connectivity index (χ4n) is 0.809. The number of nitrogens with zero attached hydrogens (tertiary/aromatic N) is 1. The molecule has 0 N–H and O–H groups in total. The van der Waals surface area contributed by atoms with E-state index in [9.17, 15) is 0 Å². The highest BCUT2D eigenvalue weighted by molar-refractivity contribution is 7.80. The topological polar surface area (TPSA) is 31.4 Å². The van der Waals surface area contributed by atoms with Crippen molar-refractivity contribution in [2.24, 2.45) is 0 Å². The number of hydrogen-bond donors (Lipinski definition) is 0. The van der Waals surface area contributed by atoms with Gasteiger partial charge in [0.25, 0.3) is 0 Å². The summed E-state index contributed by atoms with van der Waals surface area (Å²) in [7, 11) is 0. The van der Waals surface area contributed by atoms with Crippen molar-refractivity contribution >= 4 is 28.8 Å². The molecule has 3 nitrogen and oxygen atoms in total. The quantitative estimate of drug-likeness (QED) is 0.724. The third kappa shape index (κ3) is 2.63. The number of aromatic nitrogens is 1. The molecule has 5 heteroatoms. The van der Waals surface area contributed by atoms with Crippen LogP contribution in [0.4, 0.5) is 0 Å². The van der Waals surface area contributed by atoms with Crippen LogP contribution < -0.4 is 4.74 Å². The summed E-state index contributed by atoms with van der Waals surface area (Å²) < 4.78 is 14.5. The van der Waals surface area contributed by atoms with Gasteiger partial charge in [0.15, 0.2) is 5.05 Å². The fraction of sp³-hybridized carbons (Fsp3) is 0.500. The van der Waals surface area contributed by atoms with Gasteiger partial charge in [0.05, 0.1) is 19.4 Å². The highest BCUT2D eigenvalue weighted by Crippen LogP contribution is 2.24. The molecule has 0 bridgehead atoms. The van der Waals surface area contributed by atoms with Crippen molar-refractivity contribution in [1.82, 2.24) is 4.37 Å². The molecule has 1 heterocycles. The van der Waals surface area contributed by atoms with Crippen molar-refractivity contribution in [2.75, 3.05) is 13.2 Å². The highest BCUT2D eigenvalue weighted by Gasteiger charge is 2.12. The van der Waals surface area contributed by atoms with Gasteiger partial charge in [0.2, 0.25) is 5.06 Å². The lowest BCUT2D eigenvalue weighted by Crippen LogP contribution is -2.04. The van der Waals surface area contributed by atoms with Crippen LogP contribution >= 0.6 is 23.8 Å². The van der Waals surface area contributed by atoms with Crippen LogP contribution in [0.1, 0.15) is 19.4 Å². The Balaban J connectivity index is 2.74. The maximum atomic E-state index is 5.33. The van der Waals surface area contributed by atoms with E-state index in [1.165, 1.54) is 11.5 Å². The summed E-state index contributed by atoms with van der Waals surface area (Å²) in [6, 6.07) is 0. The van der Waals surface area contributed by atoms with E-state index in [4.69, 9.17) is 21.7 Å². The van der Waals surface area contributed by atoms with Crippen LogP contribution in [0.2, 0.25) is 0 Å². The van der Waals surface area contributed by atoms with E-state index in [0.29, 0.717) is 18.3 Å². The molecule has 0 aliphatic rings. The van der Waals surface area contributed by atoms with Gasteiger partial charge in [-0.15, -0.1) is 0 Å². The lowest BCUT2D eigenvalue weighted by atomic mass is 10.4. The predicted octanol–water partition coefficient (Wildman–Crippen LogP) is 2.25. The second-order valence-electron chi connectivity index (χ2n) is 2.18. The molecule has 1 aromatic heterocycles. The van der Waals surface area contributed by atoms with Crippen LogP contribution in [0.25, 0.3) is 0 Å². The second-order valence-corrected chi connectivity index (χ2v) is 3.32. The van der Waals surface area contributed by atoms with Crippen molar-refractivity contribution in [2.45, 2.75) is 13.8 Å². The molecule has 0 aromatic carbocycles. The van der Waals surface area contributed by atoms with Gasteiger partial charge in [-0.1, -0.05) is 0 Å². The lowest BCUT2D eigenvalue weighted by Gasteiger charge is -2.04. The zero-order valence-electron chi connectivity index (χ0n) is 7.57. The SMILES string of the molecule is CCOC(=S)c1cnsc1OCC. The minimum atomic E-state index is 0.458. The van der Waals surface area contributed by atoms with Crippen LogP contribution in [0.5, 0.6) is 5.06 Å². The molecule has 0 amide bonds. The Hall–Kier alpha value is -0.680. The Labute approximate surface area is 86.8 Å². The van der Waals surface area contributed by atoms with Crippen LogP contribution in [-0.4, -0.2) is 22.6 Å². The molecule has 13 heavy (non-hydrogen) atoms. The normalized spacial score (nSPS) is 9.69. The molecule has 1 aromatic rings. The number of thiocarbonyl (C=S) groups is 1. The Morgan fingerprint density at radius 3 is 2.92 bits per heavy atom. The van der Waals surface area contributed by atoms with Gasteiger partial charge >= 0.3 is 0 Å². The zero-order valence-corrected chi connectivity index (χ0v) is 9.20. The average Bonchev–Trinajstić information content (AvgIpc) is 2.54. The Morgan fingerprint density at radius 2 is 2.31 bits per heavy atom. The smallest absolute Gasteiger partial charge is 0.205 e. The molecular formula is C8H11NO2S2. The Morgan fingerprint density at radius 1 is 1.54 bits per heavy atom. The molecular weight excluding hydrogens is 206 g/mol. The van der Waals surface area contributed by atoms with E-state index >= 15 is 0 Å². The van der Waals surface area contributed by atoms with E-state index < -0.39 is 0 Å². The van der Waals surface area contributed by atoms with E-state index in [0.717, 1.165) is 10.6 Å². The molecule has 0 saturated heterocycles. The van der Waals surface area contributed by atoms with E-state index in [1.807, 2.05) is 13.8 Å². The van der Waals surface area contributed by atoms with Crippen LogP contribution in [-0.2, 0) is 4.74 Å². The summed E-state index contributed by atoms with van der Waals surface area (Å²) in [4.78, 5) is 0. The largest absolute Gasteiger partial charge is 0.483 e. The Bertz CT molecular complexity index is 285. The Kier molecular flexibility index (Phi) is 4.11. The standard InChI is InChI=1S/C8H11NO2S2/c1-3-10-7(12)6-5-9-13-8(6)11-4-2/h5H,3-4H2,1-2H3. The zero-order chi connectivity index (χ0) is 9.68. The van der Waals surface area contributed by atoms with Gasteiger partial charge in [-0.3, -0.25) is 0 Å². The fourth-order valence-corrected chi connectivity index (χ4v) is 1.80. The summed E-state index contributed by atoms with van der Waals surface area (Å²) in [5.74, 6) is 0. The van der Waals surface area contributed by atoms with Crippen LogP contribution in [0.15, 0.2) is 6.20 Å². The predicted molar refractivity (Wildman–Crippen MR) is 56.6 cm³/mol. The summed E-state index contributed by atoms with van der Waals surface area (Å²) in [6.45, 7) is 5.00. The first-order chi connectivity index (χ1) is 6.29. The second kappa shape index (κ2) is 5.14.